The molecule has 1 heterocycles. The van der Waals surface area contributed by atoms with Gasteiger partial charge >= 0.3 is 0 Å². The third-order valence-corrected chi connectivity index (χ3v) is 5.64. The number of carbonyl (C=O) groups excluding carboxylic acids is 1. The number of benzene rings is 2. The molecule has 0 saturated heterocycles. The highest BCUT2D eigenvalue weighted by Gasteiger charge is 2.20. The third kappa shape index (κ3) is 4.81. The van der Waals surface area contributed by atoms with E-state index in [0.717, 1.165) is 43.9 Å². The number of nitrogens with zero attached hydrogens (tertiary/aromatic N) is 1. The summed E-state index contributed by atoms with van der Waals surface area (Å²) >= 11 is 6.20. The molecule has 1 aromatic heterocycles. The van der Waals surface area contributed by atoms with Gasteiger partial charge in [-0.05, 0) is 72.7 Å². The van der Waals surface area contributed by atoms with Crippen molar-refractivity contribution in [2.24, 2.45) is 0 Å². The molecule has 4 nitrogen and oxygen atoms in total. The number of ketones is 1. The zero-order valence-corrected chi connectivity index (χ0v) is 18.0. The molecule has 0 atom stereocenters. The number of halogens is 3. The maximum atomic E-state index is 13.9. The first-order chi connectivity index (χ1) is 15.4. The molecule has 0 unspecified atom stereocenters. The highest BCUT2D eigenvalue weighted by atomic mass is 35.5. The molecule has 0 amide bonds. The molecule has 0 aliphatic heterocycles. The Bertz CT molecular complexity index is 1220. The Labute approximate surface area is 189 Å². The molecule has 3 aromatic rings. The molecule has 2 aromatic carbocycles. The summed E-state index contributed by atoms with van der Waals surface area (Å²) in [5, 5.41) is 7.74. The lowest BCUT2D eigenvalue weighted by molar-refractivity contribution is 0.0996. The maximum Gasteiger partial charge on any atom is 0.234 e. The van der Waals surface area contributed by atoms with Crippen LogP contribution in [0.4, 0.5) is 8.78 Å². The minimum absolute atomic E-state index is 0.192. The lowest BCUT2D eigenvalue weighted by Crippen LogP contribution is -2.14. The van der Waals surface area contributed by atoms with Crippen LogP contribution in [0.15, 0.2) is 59.6 Å². The molecule has 0 radical (unpaired) electrons. The fourth-order valence-corrected chi connectivity index (χ4v) is 3.92. The number of nitrogens with one attached hydrogen (secondary N) is 1. The quantitative estimate of drug-likeness (QED) is 0.431. The molecular formula is C25H21ClF2N2O2. The van der Waals surface area contributed by atoms with E-state index in [1.54, 1.807) is 0 Å². The predicted octanol–water partition coefficient (Wildman–Crippen LogP) is 6.21. The number of aromatic nitrogens is 1. The fraction of sp³-hybridized carbons (Fsp3) is 0.200. The fourth-order valence-electron chi connectivity index (χ4n) is 3.75. The van der Waals surface area contributed by atoms with Crippen molar-refractivity contribution in [2.75, 3.05) is 6.54 Å². The SMILES string of the molecule is C=C(NCCC1=CCCCc2ccc(Cl)cc21)c1cc(C(=O)c2cc(F)ccc2F)on1. The monoisotopic (exact) mass is 454 g/mol. The number of carbonyl (C=O) groups is 1. The van der Waals surface area contributed by atoms with Gasteiger partial charge < -0.3 is 9.84 Å². The summed E-state index contributed by atoms with van der Waals surface area (Å²) in [4.78, 5) is 12.4. The van der Waals surface area contributed by atoms with Crippen molar-refractivity contribution in [1.82, 2.24) is 10.5 Å². The van der Waals surface area contributed by atoms with Gasteiger partial charge in [-0.2, -0.15) is 0 Å². The van der Waals surface area contributed by atoms with Crippen LogP contribution in [-0.2, 0) is 6.42 Å². The van der Waals surface area contributed by atoms with Gasteiger partial charge in [-0.1, -0.05) is 35.5 Å². The van der Waals surface area contributed by atoms with E-state index in [2.05, 4.69) is 29.2 Å². The van der Waals surface area contributed by atoms with E-state index in [9.17, 15) is 13.6 Å². The van der Waals surface area contributed by atoms with Gasteiger partial charge in [-0.15, -0.1) is 0 Å². The van der Waals surface area contributed by atoms with E-state index in [1.807, 2.05) is 12.1 Å². The predicted molar refractivity (Wildman–Crippen MR) is 120 cm³/mol. The van der Waals surface area contributed by atoms with E-state index < -0.39 is 23.0 Å². The van der Waals surface area contributed by atoms with Gasteiger partial charge in [-0.3, -0.25) is 4.79 Å². The number of hydrogen-bond acceptors (Lipinski definition) is 4. The highest BCUT2D eigenvalue weighted by Crippen LogP contribution is 2.30. The maximum absolute atomic E-state index is 13.9. The molecule has 0 fully saturated rings. The van der Waals surface area contributed by atoms with Crippen LogP contribution in [0.5, 0.6) is 0 Å². The standard InChI is InChI=1S/C25H21ClF2N2O2/c1-15(23-14-24(32-30-23)25(31)21-13-19(27)8-9-22(21)28)29-11-10-17-5-3-2-4-16-6-7-18(26)12-20(16)17/h5-9,12-14,29H,1-4,10-11H2. The van der Waals surface area contributed by atoms with Crippen LogP contribution in [0.3, 0.4) is 0 Å². The van der Waals surface area contributed by atoms with Gasteiger partial charge in [-0.25, -0.2) is 8.78 Å². The van der Waals surface area contributed by atoms with Crippen LogP contribution in [-0.4, -0.2) is 17.5 Å². The molecule has 164 valence electrons. The number of allylic oxidation sites excluding steroid dienone is 1. The molecule has 0 spiro atoms. The van der Waals surface area contributed by atoms with Crippen molar-refractivity contribution in [2.45, 2.75) is 25.7 Å². The van der Waals surface area contributed by atoms with Gasteiger partial charge in [0.05, 0.1) is 11.3 Å². The second kappa shape index (κ2) is 9.49. The average Bonchev–Trinajstić information content (AvgIpc) is 3.19. The summed E-state index contributed by atoms with van der Waals surface area (Å²) in [5.74, 6) is -2.52. The summed E-state index contributed by atoms with van der Waals surface area (Å²) < 4.78 is 32.3. The number of fused-ring (bicyclic) bond motifs is 1. The molecule has 1 aliphatic carbocycles. The zero-order chi connectivity index (χ0) is 22.7. The van der Waals surface area contributed by atoms with Crippen LogP contribution in [0, 0.1) is 11.6 Å². The Hall–Kier alpha value is -3.25. The molecule has 32 heavy (non-hydrogen) atoms. The largest absolute Gasteiger partial charge is 0.383 e. The van der Waals surface area contributed by atoms with E-state index in [-0.39, 0.29) is 5.76 Å². The Balaban J connectivity index is 1.40. The van der Waals surface area contributed by atoms with Crippen molar-refractivity contribution in [3.8, 4) is 0 Å². The molecule has 7 heteroatoms. The second-order valence-corrected chi connectivity index (χ2v) is 8.04. The second-order valence-electron chi connectivity index (χ2n) is 7.61. The number of rotatable bonds is 7. The Morgan fingerprint density at radius 3 is 2.88 bits per heavy atom. The van der Waals surface area contributed by atoms with Crippen LogP contribution in [0.1, 0.15) is 52.2 Å². The molecule has 1 N–H and O–H groups in total. The smallest absolute Gasteiger partial charge is 0.234 e. The van der Waals surface area contributed by atoms with Gasteiger partial charge in [0, 0.05) is 17.6 Å². The van der Waals surface area contributed by atoms with Crippen LogP contribution < -0.4 is 5.32 Å². The van der Waals surface area contributed by atoms with Gasteiger partial charge in [0.15, 0.2) is 0 Å². The van der Waals surface area contributed by atoms with Gasteiger partial charge in [0.1, 0.15) is 17.3 Å². The molecule has 1 aliphatic rings. The minimum atomic E-state index is -0.830. The van der Waals surface area contributed by atoms with Crippen LogP contribution in [0.25, 0.3) is 11.3 Å². The number of hydrogen-bond donors (Lipinski definition) is 1. The Morgan fingerprint density at radius 2 is 2.03 bits per heavy atom. The zero-order valence-electron chi connectivity index (χ0n) is 17.3. The summed E-state index contributed by atoms with van der Waals surface area (Å²) in [6.45, 7) is 4.53. The van der Waals surface area contributed by atoms with Gasteiger partial charge in [0.25, 0.3) is 0 Å². The van der Waals surface area contributed by atoms with E-state index in [0.29, 0.717) is 23.0 Å². The van der Waals surface area contributed by atoms with E-state index in [1.165, 1.54) is 22.8 Å². The lowest BCUT2D eigenvalue weighted by atomic mass is 9.97. The molecule has 0 bridgehead atoms. The first kappa shape index (κ1) is 22.0. The van der Waals surface area contributed by atoms with Crippen LogP contribution >= 0.6 is 11.6 Å². The Morgan fingerprint density at radius 1 is 1.19 bits per heavy atom. The van der Waals surface area contributed by atoms with Gasteiger partial charge in [0.2, 0.25) is 11.5 Å². The summed E-state index contributed by atoms with van der Waals surface area (Å²) in [7, 11) is 0. The van der Waals surface area contributed by atoms with Crippen LogP contribution in [0.2, 0.25) is 5.02 Å². The first-order valence-electron chi connectivity index (χ1n) is 10.3. The first-order valence-corrected chi connectivity index (χ1v) is 10.7. The number of aryl methyl sites for hydroxylation is 1. The molecule has 4 rings (SSSR count). The minimum Gasteiger partial charge on any atom is -0.383 e. The highest BCUT2D eigenvalue weighted by molar-refractivity contribution is 6.30. The van der Waals surface area contributed by atoms with Crippen molar-refractivity contribution >= 4 is 28.7 Å². The summed E-state index contributed by atoms with van der Waals surface area (Å²) in [5.41, 5.74) is 4.06. The van der Waals surface area contributed by atoms with E-state index >= 15 is 0 Å². The third-order valence-electron chi connectivity index (χ3n) is 5.41. The van der Waals surface area contributed by atoms with E-state index in [4.69, 9.17) is 16.1 Å². The van der Waals surface area contributed by atoms with Crippen molar-refractivity contribution in [1.29, 1.82) is 0 Å². The Kier molecular flexibility index (Phi) is 6.51. The van der Waals surface area contributed by atoms with Crippen molar-refractivity contribution in [3.63, 3.8) is 0 Å². The normalized spacial score (nSPS) is 13.2. The summed E-state index contributed by atoms with van der Waals surface area (Å²) in [6.07, 6.45) is 6.12. The van der Waals surface area contributed by atoms with Crippen molar-refractivity contribution in [3.05, 3.63) is 99.9 Å². The summed E-state index contributed by atoms with van der Waals surface area (Å²) in [6, 6.07) is 10.0. The molecule has 0 saturated carbocycles. The molecular weight excluding hydrogens is 434 g/mol. The topological polar surface area (TPSA) is 55.1 Å². The lowest BCUT2D eigenvalue weighted by Gasteiger charge is -2.13. The average molecular weight is 455 g/mol. The van der Waals surface area contributed by atoms with Crippen molar-refractivity contribution < 1.29 is 18.1 Å².